The Hall–Kier alpha value is -1.60. The molecule has 0 saturated heterocycles. The summed E-state index contributed by atoms with van der Waals surface area (Å²) in [7, 11) is -1.42. The van der Waals surface area contributed by atoms with Crippen LogP contribution in [-0.2, 0) is 10.8 Å². The average molecular weight is 359 g/mol. The zero-order valence-electron chi connectivity index (χ0n) is 10.2. The van der Waals surface area contributed by atoms with Gasteiger partial charge >= 0.3 is 5.97 Å². The first-order valence-corrected chi connectivity index (χ1v) is 7.77. The second kappa shape index (κ2) is 6.71. The van der Waals surface area contributed by atoms with Crippen molar-refractivity contribution in [2.24, 2.45) is 0 Å². The van der Waals surface area contributed by atoms with Crippen LogP contribution >= 0.6 is 15.9 Å². The van der Waals surface area contributed by atoms with Crippen molar-refractivity contribution in [2.75, 3.05) is 12.4 Å². The van der Waals surface area contributed by atoms with E-state index in [1.165, 1.54) is 12.1 Å². The molecular formula is C13H11BrO5S. The van der Waals surface area contributed by atoms with Crippen LogP contribution in [0.25, 0.3) is 0 Å². The first-order chi connectivity index (χ1) is 9.56. The molecule has 0 aliphatic rings. The number of ether oxygens (including phenoxy) is 1. The van der Waals surface area contributed by atoms with Crippen molar-refractivity contribution in [3.8, 4) is 5.75 Å². The van der Waals surface area contributed by atoms with Gasteiger partial charge < -0.3 is 14.3 Å². The molecule has 2 rings (SSSR count). The SMILES string of the molecule is O=C(O)c1ccc(S(=O)CCOc2ccc(Br)cc2)o1. The Labute approximate surface area is 126 Å². The predicted octanol–water partition coefficient (Wildman–Crippen LogP) is 2.93. The zero-order valence-corrected chi connectivity index (χ0v) is 12.6. The van der Waals surface area contributed by atoms with E-state index < -0.39 is 16.8 Å². The third-order valence-corrected chi connectivity index (χ3v) is 4.10. The number of benzene rings is 1. The Morgan fingerprint density at radius 1 is 1.25 bits per heavy atom. The quantitative estimate of drug-likeness (QED) is 0.858. The lowest BCUT2D eigenvalue weighted by Crippen LogP contribution is -2.08. The molecule has 0 amide bonds. The van der Waals surface area contributed by atoms with E-state index in [2.05, 4.69) is 15.9 Å². The number of halogens is 1. The number of carboxylic acid groups (broad SMARTS) is 1. The number of hydrogen-bond acceptors (Lipinski definition) is 4. The first-order valence-electron chi connectivity index (χ1n) is 5.66. The highest BCUT2D eigenvalue weighted by Gasteiger charge is 2.13. The Kier molecular flexibility index (Phi) is 4.97. The second-order valence-corrected chi connectivity index (χ2v) is 6.19. The molecule has 2 aromatic rings. The summed E-state index contributed by atoms with van der Waals surface area (Å²) in [5.41, 5.74) is 0. The molecule has 1 atom stereocenters. The van der Waals surface area contributed by atoms with E-state index in [1.807, 2.05) is 12.1 Å². The van der Waals surface area contributed by atoms with E-state index in [-0.39, 0.29) is 23.2 Å². The summed E-state index contributed by atoms with van der Waals surface area (Å²) < 4.78 is 23.2. The third-order valence-electron chi connectivity index (χ3n) is 2.37. The van der Waals surface area contributed by atoms with Crippen molar-refractivity contribution in [3.05, 3.63) is 46.6 Å². The molecule has 20 heavy (non-hydrogen) atoms. The largest absolute Gasteiger partial charge is 0.493 e. The molecule has 5 nitrogen and oxygen atoms in total. The summed E-state index contributed by atoms with van der Waals surface area (Å²) in [6.07, 6.45) is 0. The lowest BCUT2D eigenvalue weighted by Gasteiger charge is -2.05. The minimum Gasteiger partial charge on any atom is -0.493 e. The van der Waals surface area contributed by atoms with Gasteiger partial charge in [-0.05, 0) is 36.4 Å². The van der Waals surface area contributed by atoms with Crippen LogP contribution in [-0.4, -0.2) is 27.6 Å². The zero-order chi connectivity index (χ0) is 14.5. The normalized spacial score (nSPS) is 12.1. The first kappa shape index (κ1) is 14.8. The van der Waals surface area contributed by atoms with Crippen LogP contribution in [0.4, 0.5) is 0 Å². The number of rotatable bonds is 6. The molecule has 0 saturated carbocycles. The Morgan fingerprint density at radius 2 is 1.95 bits per heavy atom. The van der Waals surface area contributed by atoms with Gasteiger partial charge in [0, 0.05) is 4.47 Å². The summed E-state index contributed by atoms with van der Waals surface area (Å²) in [4.78, 5) is 10.6. The van der Waals surface area contributed by atoms with Crippen molar-refractivity contribution < 1.29 is 23.3 Å². The number of hydrogen-bond donors (Lipinski definition) is 1. The van der Waals surface area contributed by atoms with Gasteiger partial charge in [-0.15, -0.1) is 0 Å². The molecule has 0 fully saturated rings. The molecule has 0 aliphatic heterocycles. The Bertz CT molecular complexity index is 620. The van der Waals surface area contributed by atoms with E-state index in [1.54, 1.807) is 12.1 Å². The lowest BCUT2D eigenvalue weighted by molar-refractivity contribution is 0.0656. The molecule has 1 heterocycles. The topological polar surface area (TPSA) is 76.7 Å². The van der Waals surface area contributed by atoms with Gasteiger partial charge in [0.1, 0.15) is 12.4 Å². The van der Waals surface area contributed by atoms with Crippen molar-refractivity contribution in [1.82, 2.24) is 0 Å². The summed E-state index contributed by atoms with van der Waals surface area (Å²) in [6, 6.07) is 9.96. The monoisotopic (exact) mass is 358 g/mol. The van der Waals surface area contributed by atoms with Gasteiger partial charge in [0.25, 0.3) is 0 Å². The second-order valence-electron chi connectivity index (χ2n) is 3.78. The van der Waals surface area contributed by atoms with E-state index in [9.17, 15) is 9.00 Å². The Balaban J connectivity index is 1.85. The molecule has 1 aromatic heterocycles. The van der Waals surface area contributed by atoms with Gasteiger partial charge in [-0.1, -0.05) is 15.9 Å². The molecule has 0 spiro atoms. The van der Waals surface area contributed by atoms with Gasteiger partial charge in [-0.2, -0.15) is 0 Å². The van der Waals surface area contributed by atoms with Crippen LogP contribution in [0, 0.1) is 0 Å². The van der Waals surface area contributed by atoms with Gasteiger partial charge in [0.05, 0.1) is 16.6 Å². The van der Waals surface area contributed by atoms with Gasteiger partial charge in [-0.25, -0.2) is 4.79 Å². The van der Waals surface area contributed by atoms with Crippen LogP contribution in [0.3, 0.4) is 0 Å². The minimum absolute atomic E-state index is 0.141. The number of furan rings is 1. The maximum Gasteiger partial charge on any atom is 0.371 e. The number of carbonyl (C=O) groups is 1. The maximum atomic E-state index is 11.9. The van der Waals surface area contributed by atoms with Gasteiger partial charge in [-0.3, -0.25) is 4.21 Å². The lowest BCUT2D eigenvalue weighted by atomic mass is 10.3. The van der Waals surface area contributed by atoms with Crippen molar-refractivity contribution in [3.63, 3.8) is 0 Å². The standard InChI is InChI=1S/C13H11BrO5S/c14-9-1-3-10(4-2-9)18-7-8-20(17)12-6-5-11(19-12)13(15)16/h1-6H,7-8H2,(H,15,16). The molecule has 1 N–H and O–H groups in total. The van der Waals surface area contributed by atoms with Gasteiger partial charge in [0.15, 0.2) is 5.09 Å². The summed E-state index contributed by atoms with van der Waals surface area (Å²) in [5, 5.41) is 8.85. The summed E-state index contributed by atoms with van der Waals surface area (Å²) in [6.45, 7) is 0.247. The molecule has 106 valence electrons. The number of aromatic carboxylic acids is 1. The third kappa shape index (κ3) is 3.94. The van der Waals surface area contributed by atoms with Crippen LogP contribution in [0.15, 0.2) is 50.4 Å². The molecule has 0 aliphatic carbocycles. The van der Waals surface area contributed by atoms with E-state index >= 15 is 0 Å². The summed E-state index contributed by atoms with van der Waals surface area (Å²) in [5.74, 6) is -0.500. The van der Waals surface area contributed by atoms with E-state index in [0.717, 1.165) is 4.47 Å². The molecule has 0 bridgehead atoms. The maximum absolute atomic E-state index is 11.9. The van der Waals surface area contributed by atoms with Crippen LogP contribution < -0.4 is 4.74 Å². The molecule has 1 unspecified atom stereocenters. The smallest absolute Gasteiger partial charge is 0.371 e. The fourth-order valence-electron chi connectivity index (χ4n) is 1.42. The van der Waals surface area contributed by atoms with Gasteiger partial charge in [0.2, 0.25) is 5.76 Å². The highest BCUT2D eigenvalue weighted by atomic mass is 79.9. The van der Waals surface area contributed by atoms with Crippen molar-refractivity contribution in [2.45, 2.75) is 5.09 Å². The molecule has 1 aromatic carbocycles. The van der Waals surface area contributed by atoms with Crippen LogP contribution in [0.1, 0.15) is 10.6 Å². The fourth-order valence-corrected chi connectivity index (χ4v) is 2.53. The highest BCUT2D eigenvalue weighted by Crippen LogP contribution is 2.17. The fraction of sp³-hybridized carbons (Fsp3) is 0.154. The van der Waals surface area contributed by atoms with E-state index in [0.29, 0.717) is 5.75 Å². The van der Waals surface area contributed by atoms with Crippen molar-refractivity contribution >= 4 is 32.7 Å². The Morgan fingerprint density at radius 3 is 2.55 bits per heavy atom. The van der Waals surface area contributed by atoms with Crippen LogP contribution in [0.2, 0.25) is 0 Å². The summed E-state index contributed by atoms with van der Waals surface area (Å²) >= 11 is 3.32. The molecular weight excluding hydrogens is 348 g/mol. The van der Waals surface area contributed by atoms with Crippen LogP contribution in [0.5, 0.6) is 5.75 Å². The van der Waals surface area contributed by atoms with E-state index in [4.69, 9.17) is 14.3 Å². The predicted molar refractivity (Wildman–Crippen MR) is 76.6 cm³/mol. The number of carboxylic acids is 1. The molecule has 7 heteroatoms. The minimum atomic E-state index is -1.42. The average Bonchev–Trinajstić information content (AvgIpc) is 2.91. The van der Waals surface area contributed by atoms with Crippen molar-refractivity contribution in [1.29, 1.82) is 0 Å². The molecule has 0 radical (unpaired) electrons. The highest BCUT2D eigenvalue weighted by molar-refractivity contribution is 9.10.